The fraction of sp³-hybridized carbons (Fsp3) is 0.667. The van der Waals surface area contributed by atoms with Gasteiger partial charge in [0.25, 0.3) is 0 Å². The van der Waals surface area contributed by atoms with Crippen molar-refractivity contribution >= 4 is 11.6 Å². The van der Waals surface area contributed by atoms with Gasteiger partial charge in [-0.05, 0) is 6.42 Å². The SMILES string of the molecule is CCCNc1cc(NCC2COCCN2)ncn1. The molecule has 0 radical (unpaired) electrons. The number of aromatic nitrogens is 2. The molecule has 1 aromatic heterocycles. The predicted molar refractivity (Wildman–Crippen MR) is 71.9 cm³/mol. The number of hydrogen-bond acceptors (Lipinski definition) is 6. The first-order valence-electron chi connectivity index (χ1n) is 6.49. The Morgan fingerprint density at radius 2 is 2.22 bits per heavy atom. The second-order valence-electron chi connectivity index (χ2n) is 4.32. The lowest BCUT2D eigenvalue weighted by molar-refractivity contribution is 0.0806. The Morgan fingerprint density at radius 1 is 1.39 bits per heavy atom. The minimum atomic E-state index is 0.348. The molecule has 2 heterocycles. The zero-order valence-corrected chi connectivity index (χ0v) is 10.8. The van der Waals surface area contributed by atoms with Crippen LogP contribution in [-0.2, 0) is 4.74 Å². The fourth-order valence-electron chi connectivity index (χ4n) is 1.78. The van der Waals surface area contributed by atoms with E-state index in [0.29, 0.717) is 6.04 Å². The monoisotopic (exact) mass is 251 g/mol. The molecule has 0 aromatic carbocycles. The van der Waals surface area contributed by atoms with Crippen LogP contribution in [0.25, 0.3) is 0 Å². The van der Waals surface area contributed by atoms with Gasteiger partial charge in [-0.3, -0.25) is 0 Å². The van der Waals surface area contributed by atoms with Crippen LogP contribution in [0.1, 0.15) is 13.3 Å². The number of morpholine rings is 1. The van der Waals surface area contributed by atoms with E-state index in [0.717, 1.165) is 50.9 Å². The first-order valence-corrected chi connectivity index (χ1v) is 6.49. The summed E-state index contributed by atoms with van der Waals surface area (Å²) in [5.41, 5.74) is 0. The lowest BCUT2D eigenvalue weighted by atomic mass is 10.3. The molecule has 1 fully saturated rings. The van der Waals surface area contributed by atoms with Gasteiger partial charge in [0.1, 0.15) is 18.0 Å². The summed E-state index contributed by atoms with van der Waals surface area (Å²) >= 11 is 0. The number of nitrogens with one attached hydrogen (secondary N) is 3. The Bertz CT molecular complexity index is 354. The molecule has 1 saturated heterocycles. The first-order chi connectivity index (χ1) is 8.88. The van der Waals surface area contributed by atoms with Crippen molar-refractivity contribution in [3.63, 3.8) is 0 Å². The van der Waals surface area contributed by atoms with Crippen molar-refractivity contribution in [2.75, 3.05) is 43.5 Å². The second kappa shape index (κ2) is 7.13. The van der Waals surface area contributed by atoms with E-state index in [1.165, 1.54) is 0 Å². The lowest BCUT2D eigenvalue weighted by Gasteiger charge is -2.24. The molecule has 0 bridgehead atoms. The quantitative estimate of drug-likeness (QED) is 0.691. The highest BCUT2D eigenvalue weighted by molar-refractivity contribution is 5.46. The molecule has 1 atom stereocenters. The molecule has 3 N–H and O–H groups in total. The van der Waals surface area contributed by atoms with Gasteiger partial charge in [0, 0.05) is 31.7 Å². The maximum absolute atomic E-state index is 5.40. The third-order valence-electron chi connectivity index (χ3n) is 2.75. The minimum absolute atomic E-state index is 0.348. The summed E-state index contributed by atoms with van der Waals surface area (Å²) in [6.07, 6.45) is 2.65. The van der Waals surface area contributed by atoms with Gasteiger partial charge < -0.3 is 20.7 Å². The van der Waals surface area contributed by atoms with Gasteiger partial charge >= 0.3 is 0 Å². The molecule has 1 aromatic rings. The highest BCUT2D eigenvalue weighted by Crippen LogP contribution is 2.08. The third kappa shape index (κ3) is 4.12. The summed E-state index contributed by atoms with van der Waals surface area (Å²) in [5.74, 6) is 1.71. The van der Waals surface area contributed by atoms with E-state index in [2.05, 4.69) is 32.8 Å². The van der Waals surface area contributed by atoms with Crippen LogP contribution in [0.3, 0.4) is 0 Å². The van der Waals surface area contributed by atoms with Crippen molar-refractivity contribution in [1.82, 2.24) is 15.3 Å². The van der Waals surface area contributed by atoms with Gasteiger partial charge in [0.2, 0.25) is 0 Å². The van der Waals surface area contributed by atoms with Crippen LogP contribution < -0.4 is 16.0 Å². The normalized spacial score (nSPS) is 19.5. The van der Waals surface area contributed by atoms with Gasteiger partial charge in [-0.25, -0.2) is 9.97 Å². The standard InChI is InChI=1S/C12H21N5O/c1-2-3-14-11-6-12(17-9-16-11)15-7-10-8-18-5-4-13-10/h6,9-10,13H,2-5,7-8H2,1H3,(H2,14,15,16,17). The molecule has 6 heteroatoms. The summed E-state index contributed by atoms with van der Waals surface area (Å²) in [4.78, 5) is 8.37. The van der Waals surface area contributed by atoms with E-state index >= 15 is 0 Å². The van der Waals surface area contributed by atoms with Crippen LogP contribution >= 0.6 is 0 Å². The zero-order valence-electron chi connectivity index (χ0n) is 10.8. The Balaban J connectivity index is 1.80. The summed E-state index contributed by atoms with van der Waals surface area (Å²) in [6, 6.07) is 2.28. The van der Waals surface area contributed by atoms with Crippen LogP contribution in [0.2, 0.25) is 0 Å². The molecule has 0 saturated carbocycles. The largest absolute Gasteiger partial charge is 0.378 e. The highest BCUT2D eigenvalue weighted by atomic mass is 16.5. The molecule has 0 spiro atoms. The van der Waals surface area contributed by atoms with Crippen LogP contribution in [0.5, 0.6) is 0 Å². The van der Waals surface area contributed by atoms with Gasteiger partial charge in [-0.2, -0.15) is 0 Å². The molecule has 1 aliphatic heterocycles. The highest BCUT2D eigenvalue weighted by Gasteiger charge is 2.12. The smallest absolute Gasteiger partial charge is 0.131 e. The third-order valence-corrected chi connectivity index (χ3v) is 2.75. The van der Waals surface area contributed by atoms with Gasteiger partial charge in [0.05, 0.1) is 13.2 Å². The van der Waals surface area contributed by atoms with Crippen LogP contribution in [0, 0.1) is 0 Å². The number of anilines is 2. The Labute approximate surface area is 108 Å². The maximum atomic E-state index is 5.40. The van der Waals surface area contributed by atoms with Crippen molar-refractivity contribution in [2.45, 2.75) is 19.4 Å². The van der Waals surface area contributed by atoms with Crippen molar-refractivity contribution in [1.29, 1.82) is 0 Å². The summed E-state index contributed by atoms with van der Waals surface area (Å²) < 4.78 is 5.40. The molecule has 0 amide bonds. The van der Waals surface area contributed by atoms with E-state index in [1.807, 2.05) is 6.07 Å². The van der Waals surface area contributed by atoms with Crippen LogP contribution in [0.15, 0.2) is 12.4 Å². The molecule has 18 heavy (non-hydrogen) atoms. The van der Waals surface area contributed by atoms with E-state index in [1.54, 1.807) is 6.33 Å². The van der Waals surface area contributed by atoms with E-state index in [9.17, 15) is 0 Å². The molecule has 100 valence electrons. The number of ether oxygens (including phenoxy) is 1. The molecule has 1 aliphatic rings. The average Bonchev–Trinajstić information content (AvgIpc) is 2.44. The Kier molecular flexibility index (Phi) is 5.16. The van der Waals surface area contributed by atoms with E-state index < -0.39 is 0 Å². The molecule has 2 rings (SSSR count). The molecular weight excluding hydrogens is 230 g/mol. The van der Waals surface area contributed by atoms with Crippen LogP contribution in [-0.4, -0.2) is 48.9 Å². The number of nitrogens with zero attached hydrogens (tertiary/aromatic N) is 2. The number of hydrogen-bond donors (Lipinski definition) is 3. The molecular formula is C12H21N5O. The topological polar surface area (TPSA) is 71.1 Å². The van der Waals surface area contributed by atoms with Crippen molar-refractivity contribution in [2.24, 2.45) is 0 Å². The van der Waals surface area contributed by atoms with Crippen LogP contribution in [0.4, 0.5) is 11.6 Å². The Morgan fingerprint density at radius 3 is 2.94 bits per heavy atom. The van der Waals surface area contributed by atoms with Gasteiger partial charge in [-0.15, -0.1) is 0 Å². The molecule has 6 nitrogen and oxygen atoms in total. The summed E-state index contributed by atoms with van der Waals surface area (Å²) in [6.45, 7) is 6.33. The maximum Gasteiger partial charge on any atom is 0.131 e. The van der Waals surface area contributed by atoms with Crippen molar-refractivity contribution in [3.05, 3.63) is 12.4 Å². The average molecular weight is 251 g/mol. The molecule has 1 unspecified atom stereocenters. The van der Waals surface area contributed by atoms with E-state index in [-0.39, 0.29) is 0 Å². The van der Waals surface area contributed by atoms with E-state index in [4.69, 9.17) is 4.74 Å². The Hall–Kier alpha value is -1.40. The number of rotatable bonds is 6. The van der Waals surface area contributed by atoms with Crippen molar-refractivity contribution < 1.29 is 4.74 Å². The first kappa shape index (κ1) is 13.0. The van der Waals surface area contributed by atoms with Crippen molar-refractivity contribution in [3.8, 4) is 0 Å². The predicted octanol–water partition coefficient (Wildman–Crippen LogP) is 0.699. The van der Waals surface area contributed by atoms with Gasteiger partial charge in [-0.1, -0.05) is 6.92 Å². The zero-order chi connectivity index (χ0) is 12.6. The summed E-state index contributed by atoms with van der Waals surface area (Å²) in [7, 11) is 0. The minimum Gasteiger partial charge on any atom is -0.378 e. The van der Waals surface area contributed by atoms with Gasteiger partial charge in [0.15, 0.2) is 0 Å². The second-order valence-corrected chi connectivity index (χ2v) is 4.32. The lowest BCUT2D eigenvalue weighted by Crippen LogP contribution is -2.45. The fourth-order valence-corrected chi connectivity index (χ4v) is 1.78. The summed E-state index contributed by atoms with van der Waals surface area (Å²) in [5, 5.41) is 9.93. The molecule has 0 aliphatic carbocycles.